The Morgan fingerprint density at radius 1 is 0.931 bits per heavy atom. The van der Waals surface area contributed by atoms with Gasteiger partial charge in [-0.3, -0.25) is 14.5 Å². The van der Waals surface area contributed by atoms with E-state index in [9.17, 15) is 14.4 Å². The van der Waals surface area contributed by atoms with Gasteiger partial charge in [-0.2, -0.15) is 0 Å². The molecule has 3 aliphatic rings. The molecule has 1 saturated heterocycles. The van der Waals surface area contributed by atoms with Crippen LogP contribution in [0.1, 0.15) is 41.3 Å². The fraction of sp³-hybridized carbons (Fsp3) is 0.348. The summed E-state index contributed by atoms with van der Waals surface area (Å²) in [6.45, 7) is 3.50. The summed E-state index contributed by atoms with van der Waals surface area (Å²) < 4.78 is 0. The van der Waals surface area contributed by atoms with Crippen molar-refractivity contribution in [3.63, 3.8) is 0 Å². The predicted molar refractivity (Wildman–Crippen MR) is 108 cm³/mol. The number of hydrogen-bond donors (Lipinski definition) is 0. The number of likely N-dealkylation sites (N-methyl/N-ethyl adjacent to an activating group) is 1. The van der Waals surface area contributed by atoms with Gasteiger partial charge in [-0.15, -0.1) is 0 Å². The van der Waals surface area contributed by atoms with Crippen LogP contribution in [0.4, 0.5) is 4.79 Å². The number of urea groups is 1. The van der Waals surface area contributed by atoms with E-state index in [1.807, 2.05) is 48.2 Å². The summed E-state index contributed by atoms with van der Waals surface area (Å²) in [6, 6.07) is 14.3. The highest BCUT2D eigenvalue weighted by atomic mass is 16.2. The van der Waals surface area contributed by atoms with Crippen molar-refractivity contribution < 1.29 is 14.4 Å². The Kier molecular flexibility index (Phi) is 4.15. The Morgan fingerprint density at radius 3 is 2.31 bits per heavy atom. The first-order valence-corrected chi connectivity index (χ1v) is 10.2. The number of nitrogens with zero attached hydrogens (tertiary/aromatic N) is 3. The first-order valence-electron chi connectivity index (χ1n) is 10.2. The van der Waals surface area contributed by atoms with Crippen LogP contribution in [-0.4, -0.2) is 51.7 Å². The molecule has 2 heterocycles. The number of amides is 4. The fourth-order valence-corrected chi connectivity index (χ4v) is 4.26. The lowest BCUT2D eigenvalue weighted by molar-refractivity contribution is -0.125. The minimum atomic E-state index is -0.218. The molecule has 0 bridgehead atoms. The quantitative estimate of drug-likeness (QED) is 0.738. The van der Waals surface area contributed by atoms with Gasteiger partial charge < -0.3 is 9.80 Å². The van der Waals surface area contributed by atoms with Crippen LogP contribution in [0.25, 0.3) is 11.1 Å². The molecule has 1 saturated carbocycles. The summed E-state index contributed by atoms with van der Waals surface area (Å²) in [5.74, 6) is 0.0254. The molecule has 6 nitrogen and oxygen atoms in total. The normalized spacial score (nSPS) is 18.8. The van der Waals surface area contributed by atoms with Crippen LogP contribution in [0, 0.1) is 0 Å². The van der Waals surface area contributed by atoms with Crippen molar-refractivity contribution in [3.05, 3.63) is 59.2 Å². The fourth-order valence-electron chi connectivity index (χ4n) is 4.26. The molecule has 0 radical (unpaired) electrons. The van der Waals surface area contributed by atoms with Gasteiger partial charge in [-0.25, -0.2) is 4.79 Å². The lowest BCUT2D eigenvalue weighted by Crippen LogP contribution is -2.32. The maximum absolute atomic E-state index is 12.5. The molecule has 0 atom stereocenters. The van der Waals surface area contributed by atoms with E-state index in [0.717, 1.165) is 40.7 Å². The van der Waals surface area contributed by atoms with Crippen molar-refractivity contribution in [1.82, 2.24) is 14.7 Å². The van der Waals surface area contributed by atoms with Gasteiger partial charge in [-0.05, 0) is 54.2 Å². The summed E-state index contributed by atoms with van der Waals surface area (Å²) in [5.41, 5.74) is 5.08. The number of rotatable bonds is 5. The van der Waals surface area contributed by atoms with Crippen LogP contribution in [0.2, 0.25) is 0 Å². The average molecular weight is 389 g/mol. The minimum Gasteiger partial charge on any atom is -0.331 e. The third kappa shape index (κ3) is 3.09. The molecule has 148 valence electrons. The van der Waals surface area contributed by atoms with E-state index in [1.165, 1.54) is 4.90 Å². The molecule has 2 aromatic rings. The van der Waals surface area contributed by atoms with Crippen LogP contribution in [0.3, 0.4) is 0 Å². The van der Waals surface area contributed by atoms with Gasteiger partial charge in [0.1, 0.15) is 6.54 Å². The lowest BCUT2D eigenvalue weighted by Gasteiger charge is -2.16. The third-order valence-corrected chi connectivity index (χ3v) is 6.03. The SMILES string of the molecule is CCN1C(=O)CN(Cc2ccc(-c3ccc4c(c3)CN(C3CC3)C4=O)cc2)C1=O. The van der Waals surface area contributed by atoms with Gasteiger partial charge in [0.25, 0.3) is 5.91 Å². The number of carbonyl (C=O) groups excluding carboxylic acids is 3. The van der Waals surface area contributed by atoms with Crippen molar-refractivity contribution in [2.75, 3.05) is 13.1 Å². The summed E-state index contributed by atoms with van der Waals surface area (Å²) in [7, 11) is 0. The van der Waals surface area contributed by atoms with Crippen molar-refractivity contribution >= 4 is 17.8 Å². The van der Waals surface area contributed by atoms with Crippen LogP contribution in [0.5, 0.6) is 0 Å². The second-order valence-corrected chi connectivity index (χ2v) is 8.01. The molecule has 0 spiro atoms. The van der Waals surface area contributed by atoms with E-state index in [1.54, 1.807) is 4.90 Å². The Balaban J connectivity index is 1.31. The van der Waals surface area contributed by atoms with Gasteiger partial charge in [-0.1, -0.05) is 30.3 Å². The zero-order valence-corrected chi connectivity index (χ0v) is 16.4. The predicted octanol–water partition coefficient (Wildman–Crippen LogP) is 3.26. The smallest absolute Gasteiger partial charge is 0.327 e. The number of benzene rings is 2. The first-order chi connectivity index (χ1) is 14.0. The zero-order valence-electron chi connectivity index (χ0n) is 16.4. The van der Waals surface area contributed by atoms with Gasteiger partial charge in [0.05, 0.1) is 0 Å². The Bertz CT molecular complexity index is 1010. The second-order valence-electron chi connectivity index (χ2n) is 8.01. The largest absolute Gasteiger partial charge is 0.331 e. The number of hydrogen-bond acceptors (Lipinski definition) is 3. The second kappa shape index (κ2) is 6.72. The van der Waals surface area contributed by atoms with Crippen LogP contribution >= 0.6 is 0 Å². The standard InChI is InChI=1S/C23H23N3O3/c1-2-25-21(27)14-24(23(25)29)12-15-3-5-16(6-4-15)17-7-10-20-18(11-17)13-26(22(20)28)19-8-9-19/h3-7,10-11,19H,2,8-9,12-14H2,1H3. The highest BCUT2D eigenvalue weighted by Gasteiger charge is 2.38. The Labute approximate surface area is 169 Å². The molecular formula is C23H23N3O3. The van der Waals surface area contributed by atoms with E-state index < -0.39 is 0 Å². The van der Waals surface area contributed by atoms with Crippen molar-refractivity contribution in [1.29, 1.82) is 0 Å². The Hall–Kier alpha value is -3.15. The molecule has 6 heteroatoms. The van der Waals surface area contributed by atoms with E-state index in [2.05, 4.69) is 6.07 Å². The van der Waals surface area contributed by atoms with Crippen molar-refractivity contribution in [2.24, 2.45) is 0 Å². The number of fused-ring (bicyclic) bond motifs is 1. The van der Waals surface area contributed by atoms with Crippen molar-refractivity contribution in [3.8, 4) is 11.1 Å². The molecule has 0 unspecified atom stereocenters. The molecule has 0 aromatic heterocycles. The van der Waals surface area contributed by atoms with Crippen LogP contribution in [-0.2, 0) is 17.9 Å². The highest BCUT2D eigenvalue weighted by molar-refractivity contribution is 6.02. The summed E-state index contributed by atoms with van der Waals surface area (Å²) >= 11 is 0. The molecule has 2 fully saturated rings. The van der Waals surface area contributed by atoms with Crippen LogP contribution < -0.4 is 0 Å². The molecule has 0 N–H and O–H groups in total. The maximum atomic E-state index is 12.5. The monoisotopic (exact) mass is 389 g/mol. The molecule has 4 amide bonds. The highest BCUT2D eigenvalue weighted by Crippen LogP contribution is 2.36. The van der Waals surface area contributed by atoms with Gasteiger partial charge in [0.15, 0.2) is 0 Å². The van der Waals surface area contributed by atoms with E-state index in [0.29, 0.717) is 25.7 Å². The van der Waals surface area contributed by atoms with E-state index >= 15 is 0 Å². The Morgan fingerprint density at radius 2 is 1.66 bits per heavy atom. The van der Waals surface area contributed by atoms with Gasteiger partial charge in [0.2, 0.25) is 5.91 Å². The molecular weight excluding hydrogens is 366 g/mol. The van der Waals surface area contributed by atoms with E-state index in [-0.39, 0.29) is 24.4 Å². The molecule has 2 aromatic carbocycles. The average Bonchev–Trinajstić information content (AvgIpc) is 3.46. The molecule has 2 aliphatic heterocycles. The molecule has 5 rings (SSSR count). The lowest BCUT2D eigenvalue weighted by atomic mass is 9.99. The van der Waals surface area contributed by atoms with Crippen LogP contribution in [0.15, 0.2) is 42.5 Å². The zero-order chi connectivity index (χ0) is 20.1. The summed E-state index contributed by atoms with van der Waals surface area (Å²) in [5, 5.41) is 0. The number of imide groups is 1. The van der Waals surface area contributed by atoms with Gasteiger partial charge >= 0.3 is 6.03 Å². The van der Waals surface area contributed by atoms with Crippen molar-refractivity contribution in [2.45, 2.75) is 38.9 Å². The summed E-state index contributed by atoms with van der Waals surface area (Å²) in [4.78, 5) is 41.5. The maximum Gasteiger partial charge on any atom is 0.327 e. The molecule has 29 heavy (non-hydrogen) atoms. The van der Waals surface area contributed by atoms with E-state index in [4.69, 9.17) is 0 Å². The third-order valence-electron chi connectivity index (χ3n) is 6.03. The number of carbonyl (C=O) groups is 3. The summed E-state index contributed by atoms with van der Waals surface area (Å²) in [6.07, 6.45) is 2.24. The first kappa shape index (κ1) is 17.9. The van der Waals surface area contributed by atoms with Gasteiger partial charge in [0, 0.05) is 31.2 Å². The molecule has 1 aliphatic carbocycles. The minimum absolute atomic E-state index is 0.137. The topological polar surface area (TPSA) is 60.9 Å².